The number of hydrogen-bond acceptors (Lipinski definition) is 0. The lowest BCUT2D eigenvalue weighted by molar-refractivity contribution is 0.309. The highest BCUT2D eigenvalue weighted by atomic mass is 14.6. The van der Waals surface area contributed by atoms with Crippen molar-refractivity contribution in [1.82, 2.24) is 0 Å². The van der Waals surface area contributed by atoms with E-state index in [0.717, 1.165) is 17.3 Å². The quantitative estimate of drug-likeness (QED) is 0.447. The Labute approximate surface area is 121 Å². The summed E-state index contributed by atoms with van der Waals surface area (Å²) in [5, 5.41) is 0. The second-order valence-corrected chi connectivity index (χ2v) is 7.45. The Hall–Kier alpha value is 0. The monoisotopic (exact) mass is 264 g/mol. The van der Waals surface area contributed by atoms with Gasteiger partial charge in [-0.05, 0) is 36.5 Å². The minimum atomic E-state index is 0.823. The van der Waals surface area contributed by atoms with Crippen LogP contribution in [-0.4, -0.2) is 0 Å². The van der Waals surface area contributed by atoms with Crippen LogP contribution in [0.25, 0.3) is 0 Å². The molecular weight excluding hydrogens is 228 g/mol. The lowest BCUT2D eigenvalue weighted by atomic mass is 9.84. The van der Waals surface area contributed by atoms with Gasteiger partial charge in [0.2, 0.25) is 0 Å². The maximum absolute atomic E-state index is 2.56. The van der Waals surface area contributed by atoms with Crippen LogP contribution in [0.3, 0.4) is 0 Å². The largest absolute Gasteiger partial charge is 0.0654 e. The molecule has 112 valence electrons. The first-order valence-corrected chi connectivity index (χ1v) is 9.31. The topological polar surface area (TPSA) is 0 Å². The fraction of sp³-hybridized carbons (Fsp3) is 1.00. The van der Waals surface area contributed by atoms with E-state index in [1.807, 2.05) is 0 Å². The SMILES string of the molecule is CCCCCCCCC1C(C)C12CCCCCCC2. The van der Waals surface area contributed by atoms with E-state index in [4.69, 9.17) is 0 Å². The second kappa shape index (κ2) is 7.70. The van der Waals surface area contributed by atoms with Crippen molar-refractivity contribution < 1.29 is 0 Å². The predicted molar refractivity (Wildman–Crippen MR) is 85.4 cm³/mol. The summed E-state index contributed by atoms with van der Waals surface area (Å²) >= 11 is 0. The van der Waals surface area contributed by atoms with E-state index < -0.39 is 0 Å². The Morgan fingerprint density at radius 1 is 0.789 bits per heavy atom. The second-order valence-electron chi connectivity index (χ2n) is 7.45. The summed E-state index contributed by atoms with van der Waals surface area (Å²) in [5.74, 6) is 2.16. The summed E-state index contributed by atoms with van der Waals surface area (Å²) < 4.78 is 0. The van der Waals surface area contributed by atoms with Crippen LogP contribution in [0.15, 0.2) is 0 Å². The average molecular weight is 264 g/mol. The lowest BCUT2D eigenvalue weighted by Gasteiger charge is -2.21. The van der Waals surface area contributed by atoms with E-state index in [1.54, 1.807) is 19.3 Å². The van der Waals surface area contributed by atoms with Crippen molar-refractivity contribution in [2.75, 3.05) is 0 Å². The summed E-state index contributed by atoms with van der Waals surface area (Å²) in [6, 6.07) is 0. The Morgan fingerprint density at radius 3 is 2.05 bits per heavy atom. The Bertz CT molecular complexity index is 234. The summed E-state index contributed by atoms with van der Waals surface area (Å²) in [7, 11) is 0. The van der Waals surface area contributed by atoms with Crippen LogP contribution in [0.2, 0.25) is 0 Å². The maximum atomic E-state index is 2.56. The molecule has 1 spiro atoms. The highest BCUT2D eigenvalue weighted by Gasteiger charge is 2.59. The van der Waals surface area contributed by atoms with E-state index in [9.17, 15) is 0 Å². The molecule has 2 rings (SSSR count). The fourth-order valence-electron chi connectivity index (χ4n) is 4.87. The third-order valence-electron chi connectivity index (χ3n) is 6.29. The Morgan fingerprint density at radius 2 is 1.37 bits per heavy atom. The van der Waals surface area contributed by atoms with Gasteiger partial charge in [-0.1, -0.05) is 84.5 Å². The molecule has 19 heavy (non-hydrogen) atoms. The standard InChI is InChI=1S/C19H36/c1-3-4-5-6-8-11-14-18-17(2)19(18)15-12-9-7-10-13-16-19/h17-18H,3-16H2,1-2H3. The normalized spacial score (nSPS) is 30.0. The molecule has 0 amide bonds. The van der Waals surface area contributed by atoms with Crippen LogP contribution >= 0.6 is 0 Å². The fourth-order valence-corrected chi connectivity index (χ4v) is 4.87. The molecule has 0 aromatic heterocycles. The number of hydrogen-bond donors (Lipinski definition) is 0. The summed E-state index contributed by atoms with van der Waals surface area (Å²) in [6.07, 6.45) is 21.1. The van der Waals surface area contributed by atoms with Crippen molar-refractivity contribution in [2.45, 2.75) is 104 Å². The van der Waals surface area contributed by atoms with Gasteiger partial charge in [0.15, 0.2) is 0 Å². The van der Waals surface area contributed by atoms with Gasteiger partial charge in [-0.15, -0.1) is 0 Å². The zero-order valence-corrected chi connectivity index (χ0v) is 13.6. The zero-order valence-electron chi connectivity index (χ0n) is 13.6. The van der Waals surface area contributed by atoms with E-state index in [2.05, 4.69) is 13.8 Å². The van der Waals surface area contributed by atoms with E-state index in [1.165, 1.54) is 70.6 Å². The zero-order chi connectivity index (χ0) is 13.6. The van der Waals surface area contributed by atoms with Gasteiger partial charge < -0.3 is 0 Å². The van der Waals surface area contributed by atoms with Gasteiger partial charge in [0.1, 0.15) is 0 Å². The molecule has 0 aliphatic heterocycles. The van der Waals surface area contributed by atoms with Crippen molar-refractivity contribution in [3.8, 4) is 0 Å². The predicted octanol–water partition coefficient (Wildman–Crippen LogP) is 6.73. The van der Waals surface area contributed by atoms with Crippen LogP contribution in [0.4, 0.5) is 0 Å². The van der Waals surface area contributed by atoms with Crippen LogP contribution in [0, 0.1) is 17.3 Å². The molecule has 0 nitrogen and oxygen atoms in total. The van der Waals surface area contributed by atoms with Gasteiger partial charge in [-0.25, -0.2) is 0 Å². The highest BCUT2D eigenvalue weighted by molar-refractivity contribution is 5.07. The molecule has 2 aliphatic carbocycles. The van der Waals surface area contributed by atoms with Gasteiger partial charge in [0.25, 0.3) is 0 Å². The summed E-state index contributed by atoms with van der Waals surface area (Å²) in [4.78, 5) is 0. The highest BCUT2D eigenvalue weighted by Crippen LogP contribution is 2.66. The molecule has 0 heterocycles. The van der Waals surface area contributed by atoms with Crippen LogP contribution in [0.5, 0.6) is 0 Å². The minimum absolute atomic E-state index is 0.823. The van der Waals surface area contributed by atoms with Gasteiger partial charge in [-0.2, -0.15) is 0 Å². The first kappa shape index (κ1) is 15.4. The lowest BCUT2D eigenvalue weighted by Crippen LogP contribution is -2.08. The van der Waals surface area contributed by atoms with Gasteiger partial charge in [0, 0.05) is 0 Å². The summed E-state index contributed by atoms with van der Waals surface area (Å²) in [6.45, 7) is 4.87. The Balaban J connectivity index is 1.64. The van der Waals surface area contributed by atoms with Crippen LogP contribution in [-0.2, 0) is 0 Å². The third-order valence-corrected chi connectivity index (χ3v) is 6.29. The third kappa shape index (κ3) is 3.99. The van der Waals surface area contributed by atoms with Gasteiger partial charge in [0.05, 0.1) is 0 Å². The average Bonchev–Trinajstić information content (AvgIpc) is 2.94. The number of unbranched alkanes of at least 4 members (excludes halogenated alkanes) is 5. The van der Waals surface area contributed by atoms with Crippen molar-refractivity contribution in [3.63, 3.8) is 0 Å². The molecule has 2 aliphatic rings. The maximum Gasteiger partial charge on any atom is -0.0238 e. The molecule has 0 heteroatoms. The molecule has 2 fully saturated rings. The van der Waals surface area contributed by atoms with E-state index in [0.29, 0.717) is 0 Å². The molecule has 0 aromatic carbocycles. The molecule has 0 aromatic rings. The first-order chi connectivity index (χ1) is 9.31. The van der Waals surface area contributed by atoms with Gasteiger partial charge in [-0.3, -0.25) is 0 Å². The van der Waals surface area contributed by atoms with Crippen LogP contribution < -0.4 is 0 Å². The molecule has 0 N–H and O–H groups in total. The van der Waals surface area contributed by atoms with Crippen LogP contribution in [0.1, 0.15) is 104 Å². The molecule has 0 radical (unpaired) electrons. The minimum Gasteiger partial charge on any atom is -0.0654 e. The van der Waals surface area contributed by atoms with E-state index in [-0.39, 0.29) is 0 Å². The molecule has 0 bridgehead atoms. The smallest absolute Gasteiger partial charge is 0.0238 e. The Kier molecular flexibility index (Phi) is 6.23. The molecule has 2 unspecified atom stereocenters. The van der Waals surface area contributed by atoms with Crippen molar-refractivity contribution >= 4 is 0 Å². The molecule has 2 atom stereocenters. The van der Waals surface area contributed by atoms with Crippen molar-refractivity contribution in [1.29, 1.82) is 0 Å². The summed E-state index contributed by atoms with van der Waals surface area (Å²) in [5.41, 5.74) is 0.823. The first-order valence-electron chi connectivity index (χ1n) is 9.31. The number of rotatable bonds is 7. The molecular formula is C19H36. The van der Waals surface area contributed by atoms with Crippen molar-refractivity contribution in [2.24, 2.45) is 17.3 Å². The molecule has 2 saturated carbocycles. The molecule has 0 saturated heterocycles. The van der Waals surface area contributed by atoms with Crippen molar-refractivity contribution in [3.05, 3.63) is 0 Å². The van der Waals surface area contributed by atoms with E-state index >= 15 is 0 Å². The van der Waals surface area contributed by atoms with Gasteiger partial charge >= 0.3 is 0 Å².